The molecule has 1 aliphatic heterocycles. The molecule has 0 saturated carbocycles. The highest BCUT2D eigenvalue weighted by Gasteiger charge is 2.26. The van der Waals surface area contributed by atoms with Crippen LogP contribution in [0.3, 0.4) is 0 Å². The number of piperidine rings is 1. The maximum Gasteiger partial charge on any atom is 0.154 e. The SMILES string of the molecule is C=[N+](C)[C@@H]1CCN[C@@H](c2ccccc2)C1. The lowest BCUT2D eigenvalue weighted by atomic mass is 9.94. The van der Waals surface area contributed by atoms with Gasteiger partial charge in [0.15, 0.2) is 6.04 Å². The summed E-state index contributed by atoms with van der Waals surface area (Å²) in [6.07, 6.45) is 2.35. The molecule has 1 aromatic carbocycles. The van der Waals surface area contributed by atoms with Gasteiger partial charge in [0.2, 0.25) is 0 Å². The average molecular weight is 203 g/mol. The summed E-state index contributed by atoms with van der Waals surface area (Å²) in [6, 6.07) is 11.8. The Bertz CT molecular complexity index is 332. The van der Waals surface area contributed by atoms with Crippen LogP contribution in [0.4, 0.5) is 0 Å². The Labute approximate surface area is 91.6 Å². The van der Waals surface area contributed by atoms with Gasteiger partial charge in [0.25, 0.3) is 0 Å². The van der Waals surface area contributed by atoms with Gasteiger partial charge in [-0.3, -0.25) is 0 Å². The minimum absolute atomic E-state index is 0.495. The molecule has 0 bridgehead atoms. The largest absolute Gasteiger partial charge is 0.309 e. The number of rotatable bonds is 2. The highest BCUT2D eigenvalue weighted by atomic mass is 15.0. The normalized spacial score (nSPS) is 26.2. The van der Waals surface area contributed by atoms with E-state index in [1.807, 2.05) is 0 Å². The zero-order chi connectivity index (χ0) is 10.7. The maximum atomic E-state index is 4.00. The van der Waals surface area contributed by atoms with Crippen LogP contribution in [0.15, 0.2) is 30.3 Å². The monoisotopic (exact) mass is 203 g/mol. The van der Waals surface area contributed by atoms with E-state index in [0.717, 1.165) is 13.0 Å². The van der Waals surface area contributed by atoms with E-state index in [1.54, 1.807) is 0 Å². The van der Waals surface area contributed by atoms with E-state index in [4.69, 9.17) is 0 Å². The zero-order valence-electron chi connectivity index (χ0n) is 9.32. The lowest BCUT2D eigenvalue weighted by Crippen LogP contribution is -2.38. The quantitative estimate of drug-likeness (QED) is 0.572. The minimum atomic E-state index is 0.495. The molecule has 0 spiro atoms. The summed E-state index contributed by atoms with van der Waals surface area (Å²) in [6.45, 7) is 5.08. The van der Waals surface area contributed by atoms with Gasteiger partial charge in [-0.1, -0.05) is 30.3 Å². The molecule has 1 heterocycles. The summed E-state index contributed by atoms with van der Waals surface area (Å²) < 4.78 is 2.09. The van der Waals surface area contributed by atoms with Gasteiger partial charge in [-0.2, -0.15) is 0 Å². The highest BCUT2D eigenvalue weighted by Crippen LogP contribution is 2.23. The third-order valence-corrected chi connectivity index (χ3v) is 3.20. The van der Waals surface area contributed by atoms with E-state index in [2.05, 4.69) is 54.0 Å². The molecule has 1 aliphatic rings. The Hall–Kier alpha value is -1.15. The van der Waals surface area contributed by atoms with Crippen molar-refractivity contribution in [2.24, 2.45) is 0 Å². The van der Waals surface area contributed by atoms with Crippen LogP contribution in [0.5, 0.6) is 0 Å². The Morgan fingerprint density at radius 1 is 1.33 bits per heavy atom. The van der Waals surface area contributed by atoms with Crippen molar-refractivity contribution in [3.8, 4) is 0 Å². The average Bonchev–Trinajstić information content (AvgIpc) is 2.30. The van der Waals surface area contributed by atoms with Gasteiger partial charge < -0.3 is 5.32 Å². The summed E-state index contributed by atoms with van der Waals surface area (Å²) in [5, 5.41) is 3.57. The van der Waals surface area contributed by atoms with Gasteiger partial charge in [0, 0.05) is 25.4 Å². The fourth-order valence-electron chi connectivity index (χ4n) is 2.24. The maximum absolute atomic E-state index is 4.00. The van der Waals surface area contributed by atoms with Crippen molar-refractivity contribution in [2.45, 2.75) is 24.9 Å². The first kappa shape index (κ1) is 10.4. The second kappa shape index (κ2) is 4.58. The topological polar surface area (TPSA) is 15.0 Å². The summed E-state index contributed by atoms with van der Waals surface area (Å²) >= 11 is 0. The van der Waals surface area contributed by atoms with E-state index in [9.17, 15) is 0 Å². The molecule has 0 radical (unpaired) electrons. The molecule has 1 aromatic rings. The third kappa shape index (κ3) is 2.45. The Morgan fingerprint density at radius 3 is 2.73 bits per heavy atom. The minimum Gasteiger partial charge on any atom is -0.309 e. The molecule has 2 rings (SSSR count). The van der Waals surface area contributed by atoms with Crippen molar-refractivity contribution in [2.75, 3.05) is 13.6 Å². The van der Waals surface area contributed by atoms with Crippen LogP contribution in [0, 0.1) is 0 Å². The van der Waals surface area contributed by atoms with Crippen LogP contribution in [0.25, 0.3) is 0 Å². The fourth-order valence-corrected chi connectivity index (χ4v) is 2.24. The Morgan fingerprint density at radius 2 is 2.07 bits per heavy atom. The molecule has 2 atom stereocenters. The molecule has 0 amide bonds. The van der Waals surface area contributed by atoms with Crippen LogP contribution in [-0.2, 0) is 0 Å². The number of nitrogens with zero attached hydrogens (tertiary/aromatic N) is 1. The fraction of sp³-hybridized carbons (Fsp3) is 0.462. The first-order chi connectivity index (χ1) is 7.27. The molecule has 1 saturated heterocycles. The second-order valence-electron chi connectivity index (χ2n) is 4.35. The van der Waals surface area contributed by atoms with Gasteiger partial charge in [0.05, 0.1) is 0 Å². The van der Waals surface area contributed by atoms with Crippen molar-refractivity contribution in [1.29, 1.82) is 0 Å². The summed E-state index contributed by atoms with van der Waals surface area (Å²) in [5.41, 5.74) is 1.39. The van der Waals surface area contributed by atoms with Gasteiger partial charge >= 0.3 is 0 Å². The first-order valence-corrected chi connectivity index (χ1v) is 5.59. The molecular weight excluding hydrogens is 184 g/mol. The standard InChI is InChI=1S/C13H19N2/c1-15(2)12-8-9-14-13(10-12)11-6-4-3-5-7-11/h3-7,12-14H,1,8-10H2,2H3/q+1/t12-,13-/m1/s1. The molecule has 1 N–H and O–H groups in total. The third-order valence-electron chi connectivity index (χ3n) is 3.20. The summed E-state index contributed by atoms with van der Waals surface area (Å²) in [5.74, 6) is 0. The van der Waals surface area contributed by atoms with E-state index in [0.29, 0.717) is 12.1 Å². The molecule has 1 fully saturated rings. The number of hydrogen-bond donors (Lipinski definition) is 1. The van der Waals surface area contributed by atoms with Crippen molar-refractivity contribution in [1.82, 2.24) is 5.32 Å². The van der Waals surface area contributed by atoms with Gasteiger partial charge in [-0.05, 0) is 5.56 Å². The van der Waals surface area contributed by atoms with Gasteiger partial charge in [-0.25, -0.2) is 4.58 Å². The van der Waals surface area contributed by atoms with E-state index >= 15 is 0 Å². The lowest BCUT2D eigenvalue weighted by molar-refractivity contribution is -0.534. The van der Waals surface area contributed by atoms with E-state index in [1.165, 1.54) is 12.0 Å². The smallest absolute Gasteiger partial charge is 0.154 e. The molecule has 2 nitrogen and oxygen atoms in total. The molecule has 0 aliphatic carbocycles. The molecule has 0 aromatic heterocycles. The van der Waals surface area contributed by atoms with Gasteiger partial charge in [0.1, 0.15) is 13.8 Å². The van der Waals surface area contributed by atoms with Crippen molar-refractivity contribution in [3.63, 3.8) is 0 Å². The molecule has 80 valence electrons. The number of hydrogen-bond acceptors (Lipinski definition) is 1. The molecule has 2 heteroatoms. The van der Waals surface area contributed by atoms with Crippen LogP contribution in [0.2, 0.25) is 0 Å². The van der Waals surface area contributed by atoms with Crippen molar-refractivity contribution in [3.05, 3.63) is 35.9 Å². The van der Waals surface area contributed by atoms with Gasteiger partial charge in [-0.15, -0.1) is 0 Å². The molecule has 0 unspecified atom stereocenters. The van der Waals surface area contributed by atoms with Crippen molar-refractivity contribution >= 4 is 6.72 Å². The van der Waals surface area contributed by atoms with Crippen molar-refractivity contribution < 1.29 is 4.58 Å². The van der Waals surface area contributed by atoms with Crippen LogP contribution in [-0.4, -0.2) is 30.9 Å². The Kier molecular flexibility index (Phi) is 3.17. The second-order valence-corrected chi connectivity index (χ2v) is 4.35. The first-order valence-electron chi connectivity index (χ1n) is 5.59. The predicted molar refractivity (Wildman–Crippen MR) is 63.5 cm³/mol. The Balaban J connectivity index is 2.08. The summed E-state index contributed by atoms with van der Waals surface area (Å²) in [4.78, 5) is 0. The number of benzene rings is 1. The number of nitrogens with one attached hydrogen (secondary N) is 1. The lowest BCUT2D eigenvalue weighted by Gasteiger charge is -2.27. The van der Waals surface area contributed by atoms with E-state index in [-0.39, 0.29) is 0 Å². The van der Waals surface area contributed by atoms with Crippen LogP contribution < -0.4 is 5.32 Å². The predicted octanol–water partition coefficient (Wildman–Crippen LogP) is 1.82. The molecule has 15 heavy (non-hydrogen) atoms. The van der Waals surface area contributed by atoms with Crippen LogP contribution in [0.1, 0.15) is 24.4 Å². The van der Waals surface area contributed by atoms with E-state index < -0.39 is 0 Å². The summed E-state index contributed by atoms with van der Waals surface area (Å²) in [7, 11) is 2.07. The highest BCUT2D eigenvalue weighted by molar-refractivity contribution is 5.20. The zero-order valence-corrected chi connectivity index (χ0v) is 9.32. The molecular formula is C13H19N2+. The van der Waals surface area contributed by atoms with Crippen LogP contribution >= 0.6 is 0 Å².